The van der Waals surface area contributed by atoms with Crippen molar-refractivity contribution in [2.45, 2.75) is 19.3 Å². The van der Waals surface area contributed by atoms with Crippen molar-refractivity contribution in [3.8, 4) is 5.75 Å². The number of benzene rings is 1. The van der Waals surface area contributed by atoms with E-state index in [-0.39, 0.29) is 12.5 Å². The van der Waals surface area contributed by atoms with E-state index >= 15 is 0 Å². The molecule has 0 aliphatic carbocycles. The van der Waals surface area contributed by atoms with Gasteiger partial charge in [-0.1, -0.05) is 18.2 Å². The predicted octanol–water partition coefficient (Wildman–Crippen LogP) is 1.69. The number of hydrogen-bond donors (Lipinski definition) is 1. The molecule has 1 aliphatic heterocycles. The lowest BCUT2D eigenvalue weighted by Crippen LogP contribution is -2.39. The zero-order chi connectivity index (χ0) is 13.5. The van der Waals surface area contributed by atoms with Crippen LogP contribution < -0.4 is 4.74 Å². The molecule has 19 heavy (non-hydrogen) atoms. The molecule has 1 aliphatic rings. The standard InChI is InChI=1S/C15H21NO3/c17-12-13-6-9-16(10-7-13)15(18)8-11-19-14-4-2-1-3-5-14/h1-5,13,17H,6-12H2. The zero-order valence-corrected chi connectivity index (χ0v) is 11.1. The van der Waals surface area contributed by atoms with Gasteiger partial charge in [0.2, 0.25) is 5.91 Å². The van der Waals surface area contributed by atoms with Gasteiger partial charge in [0.25, 0.3) is 0 Å². The first-order valence-electron chi connectivity index (χ1n) is 6.86. The van der Waals surface area contributed by atoms with Gasteiger partial charge in [-0.2, -0.15) is 0 Å². The van der Waals surface area contributed by atoms with Gasteiger partial charge in [0, 0.05) is 19.7 Å². The second kappa shape index (κ2) is 7.14. The van der Waals surface area contributed by atoms with Crippen LogP contribution in [0.4, 0.5) is 0 Å². The summed E-state index contributed by atoms with van der Waals surface area (Å²) in [7, 11) is 0. The van der Waals surface area contributed by atoms with Crippen molar-refractivity contribution < 1.29 is 14.6 Å². The third kappa shape index (κ3) is 4.24. The van der Waals surface area contributed by atoms with Gasteiger partial charge in [-0.3, -0.25) is 4.79 Å². The average Bonchev–Trinajstić information content (AvgIpc) is 2.48. The lowest BCUT2D eigenvalue weighted by molar-refractivity contribution is -0.133. The molecule has 104 valence electrons. The minimum atomic E-state index is 0.146. The molecule has 0 radical (unpaired) electrons. The summed E-state index contributed by atoms with van der Waals surface area (Å²) in [6.07, 6.45) is 2.22. The number of rotatable bonds is 5. The molecule has 1 N–H and O–H groups in total. The second-order valence-corrected chi connectivity index (χ2v) is 4.92. The number of carbonyl (C=O) groups excluding carboxylic acids is 1. The summed E-state index contributed by atoms with van der Waals surface area (Å²) < 4.78 is 5.52. The van der Waals surface area contributed by atoms with Gasteiger partial charge in [0.1, 0.15) is 5.75 Å². The zero-order valence-electron chi connectivity index (χ0n) is 11.1. The monoisotopic (exact) mass is 263 g/mol. The molecule has 1 aromatic rings. The fourth-order valence-electron chi connectivity index (χ4n) is 2.30. The van der Waals surface area contributed by atoms with Crippen LogP contribution in [0, 0.1) is 5.92 Å². The summed E-state index contributed by atoms with van der Waals surface area (Å²) in [5.41, 5.74) is 0. The highest BCUT2D eigenvalue weighted by atomic mass is 16.5. The van der Waals surface area contributed by atoms with Crippen molar-refractivity contribution in [2.24, 2.45) is 5.92 Å². The van der Waals surface area contributed by atoms with Gasteiger partial charge in [-0.25, -0.2) is 0 Å². The first-order chi connectivity index (χ1) is 9.29. The smallest absolute Gasteiger partial charge is 0.225 e. The van der Waals surface area contributed by atoms with Gasteiger partial charge < -0.3 is 14.7 Å². The summed E-state index contributed by atoms with van der Waals surface area (Å²) in [4.78, 5) is 13.8. The molecule has 0 aromatic heterocycles. The number of aliphatic hydroxyl groups is 1. The Morgan fingerprint density at radius 2 is 1.95 bits per heavy atom. The Morgan fingerprint density at radius 3 is 2.58 bits per heavy atom. The molecular formula is C15H21NO3. The summed E-state index contributed by atoms with van der Waals surface area (Å²) in [6.45, 7) is 2.17. The van der Waals surface area contributed by atoms with E-state index in [1.807, 2.05) is 35.2 Å². The highest BCUT2D eigenvalue weighted by molar-refractivity contribution is 5.76. The Labute approximate surface area is 114 Å². The molecule has 0 unspecified atom stereocenters. The minimum absolute atomic E-state index is 0.146. The first-order valence-corrected chi connectivity index (χ1v) is 6.86. The Balaban J connectivity index is 1.67. The largest absolute Gasteiger partial charge is 0.493 e. The lowest BCUT2D eigenvalue weighted by Gasteiger charge is -2.31. The molecule has 1 heterocycles. The Kier molecular flexibility index (Phi) is 5.21. The molecule has 4 nitrogen and oxygen atoms in total. The number of aliphatic hydroxyl groups excluding tert-OH is 1. The van der Waals surface area contributed by atoms with Gasteiger partial charge in [-0.15, -0.1) is 0 Å². The Hall–Kier alpha value is -1.55. The van der Waals surface area contributed by atoms with E-state index in [0.29, 0.717) is 18.9 Å². The van der Waals surface area contributed by atoms with Crippen molar-refractivity contribution >= 4 is 5.91 Å². The number of nitrogens with zero attached hydrogens (tertiary/aromatic N) is 1. The molecule has 0 spiro atoms. The molecule has 4 heteroatoms. The summed E-state index contributed by atoms with van der Waals surface area (Å²) in [5, 5.41) is 9.06. The normalized spacial score (nSPS) is 16.4. The number of hydrogen-bond acceptors (Lipinski definition) is 3. The molecule has 0 atom stereocenters. The van der Waals surface area contributed by atoms with Crippen LogP contribution in [0.5, 0.6) is 5.75 Å². The van der Waals surface area contributed by atoms with E-state index in [4.69, 9.17) is 9.84 Å². The van der Waals surface area contributed by atoms with E-state index in [9.17, 15) is 4.79 Å². The van der Waals surface area contributed by atoms with Gasteiger partial charge in [0.15, 0.2) is 0 Å². The van der Waals surface area contributed by atoms with Crippen LogP contribution in [-0.2, 0) is 4.79 Å². The number of likely N-dealkylation sites (tertiary alicyclic amines) is 1. The third-order valence-electron chi connectivity index (χ3n) is 3.55. The number of amides is 1. The highest BCUT2D eigenvalue weighted by Gasteiger charge is 2.21. The number of piperidine rings is 1. The fraction of sp³-hybridized carbons (Fsp3) is 0.533. The van der Waals surface area contributed by atoms with Gasteiger partial charge >= 0.3 is 0 Å². The molecule has 1 amide bonds. The van der Waals surface area contributed by atoms with E-state index in [2.05, 4.69) is 0 Å². The van der Waals surface area contributed by atoms with Crippen molar-refractivity contribution in [3.63, 3.8) is 0 Å². The van der Waals surface area contributed by atoms with Crippen LogP contribution in [0.2, 0.25) is 0 Å². The number of para-hydroxylation sites is 1. The molecule has 1 saturated heterocycles. The quantitative estimate of drug-likeness (QED) is 0.879. The first kappa shape index (κ1) is 13.9. The molecular weight excluding hydrogens is 242 g/mol. The van der Waals surface area contributed by atoms with Crippen molar-refractivity contribution in [2.75, 3.05) is 26.3 Å². The van der Waals surface area contributed by atoms with Crippen molar-refractivity contribution in [1.29, 1.82) is 0 Å². The average molecular weight is 263 g/mol. The predicted molar refractivity (Wildman–Crippen MR) is 72.9 cm³/mol. The van der Waals surface area contributed by atoms with Crippen LogP contribution >= 0.6 is 0 Å². The summed E-state index contributed by atoms with van der Waals surface area (Å²) in [5.74, 6) is 1.31. The highest BCUT2D eigenvalue weighted by Crippen LogP contribution is 2.17. The van der Waals surface area contributed by atoms with Crippen LogP contribution in [0.25, 0.3) is 0 Å². The lowest BCUT2D eigenvalue weighted by atomic mass is 9.98. The third-order valence-corrected chi connectivity index (χ3v) is 3.55. The second-order valence-electron chi connectivity index (χ2n) is 4.92. The van der Waals surface area contributed by atoms with Crippen LogP contribution in [0.15, 0.2) is 30.3 Å². The van der Waals surface area contributed by atoms with Crippen molar-refractivity contribution in [1.82, 2.24) is 4.90 Å². The number of ether oxygens (including phenoxy) is 1. The maximum absolute atomic E-state index is 12.0. The number of carbonyl (C=O) groups is 1. The van der Waals surface area contributed by atoms with Gasteiger partial charge in [0.05, 0.1) is 13.0 Å². The molecule has 0 saturated carbocycles. The fourth-order valence-corrected chi connectivity index (χ4v) is 2.30. The van der Waals surface area contributed by atoms with Crippen LogP contribution in [0.3, 0.4) is 0 Å². The van der Waals surface area contributed by atoms with Crippen molar-refractivity contribution in [3.05, 3.63) is 30.3 Å². The maximum Gasteiger partial charge on any atom is 0.225 e. The van der Waals surface area contributed by atoms with E-state index in [1.165, 1.54) is 0 Å². The van der Waals surface area contributed by atoms with E-state index < -0.39 is 0 Å². The van der Waals surface area contributed by atoms with E-state index in [0.717, 1.165) is 31.7 Å². The van der Waals surface area contributed by atoms with Gasteiger partial charge in [-0.05, 0) is 30.9 Å². The van der Waals surface area contributed by atoms with Crippen LogP contribution in [0.1, 0.15) is 19.3 Å². The maximum atomic E-state index is 12.0. The van der Waals surface area contributed by atoms with Crippen LogP contribution in [-0.4, -0.2) is 42.2 Å². The Morgan fingerprint density at radius 1 is 1.26 bits per heavy atom. The molecule has 2 rings (SSSR count). The molecule has 1 fully saturated rings. The molecule has 1 aromatic carbocycles. The summed E-state index contributed by atoms with van der Waals surface area (Å²) in [6, 6.07) is 9.53. The topological polar surface area (TPSA) is 49.8 Å². The Bertz CT molecular complexity index is 386. The summed E-state index contributed by atoms with van der Waals surface area (Å²) >= 11 is 0. The van der Waals surface area contributed by atoms with E-state index in [1.54, 1.807) is 0 Å². The SMILES string of the molecule is O=C(CCOc1ccccc1)N1CCC(CO)CC1. The minimum Gasteiger partial charge on any atom is -0.493 e. The molecule has 0 bridgehead atoms.